The maximum atomic E-state index is 13.1. The number of aromatic nitrogens is 3. The van der Waals surface area contributed by atoms with Gasteiger partial charge in [0.2, 0.25) is 0 Å². The van der Waals surface area contributed by atoms with Crippen molar-refractivity contribution in [1.82, 2.24) is 25.4 Å². The average molecular weight is 484 g/mol. The van der Waals surface area contributed by atoms with E-state index in [1.807, 2.05) is 5.32 Å². The Bertz CT molecular complexity index is 1010. The summed E-state index contributed by atoms with van der Waals surface area (Å²) in [5.74, 6) is -0.305. The Labute approximate surface area is 181 Å². The quantitative estimate of drug-likeness (QED) is 0.510. The number of nitrogens with one attached hydrogen (secondary N) is 2. The number of benzene rings is 1. The number of hydrogen-bond acceptors (Lipinski definition) is 5. The van der Waals surface area contributed by atoms with Gasteiger partial charge in [0.1, 0.15) is 18.5 Å². The normalized spacial score (nSPS) is 15.8. The number of alkyl halides is 5. The summed E-state index contributed by atoms with van der Waals surface area (Å²) >= 11 is 6.06. The van der Waals surface area contributed by atoms with Gasteiger partial charge in [0, 0.05) is 5.56 Å². The Kier molecular flexibility index (Phi) is 6.44. The van der Waals surface area contributed by atoms with Crippen LogP contribution in [0.5, 0.6) is 0 Å². The molecule has 1 aliphatic rings. The fourth-order valence-electron chi connectivity index (χ4n) is 2.88. The number of alkyl carbamates (subject to hydrolysis) is 1. The van der Waals surface area contributed by atoms with Gasteiger partial charge in [-0.3, -0.25) is 0 Å². The van der Waals surface area contributed by atoms with Gasteiger partial charge < -0.3 is 20.5 Å². The smallest absolute Gasteiger partial charge is 0.411 e. The maximum Gasteiger partial charge on any atom is 0.411 e. The van der Waals surface area contributed by atoms with Crippen LogP contribution in [-0.4, -0.2) is 50.4 Å². The first-order valence-corrected chi connectivity index (χ1v) is 9.30. The van der Waals surface area contributed by atoms with Gasteiger partial charge in [-0.25, -0.2) is 14.6 Å². The maximum absolute atomic E-state index is 13.1. The second kappa shape index (κ2) is 8.76. The van der Waals surface area contributed by atoms with Crippen molar-refractivity contribution in [1.29, 1.82) is 0 Å². The first-order valence-electron chi connectivity index (χ1n) is 8.92. The van der Waals surface area contributed by atoms with E-state index in [4.69, 9.17) is 21.4 Å². The summed E-state index contributed by atoms with van der Waals surface area (Å²) < 4.78 is 70.2. The summed E-state index contributed by atoms with van der Waals surface area (Å²) in [7, 11) is 0. The minimum absolute atomic E-state index is 0.00256. The van der Waals surface area contributed by atoms with Crippen LogP contribution in [0.25, 0.3) is 11.4 Å². The predicted molar refractivity (Wildman–Crippen MR) is 98.1 cm³/mol. The van der Waals surface area contributed by atoms with E-state index in [1.54, 1.807) is 5.32 Å². The van der Waals surface area contributed by atoms with Crippen molar-refractivity contribution in [3.63, 3.8) is 0 Å². The minimum atomic E-state index is -4.66. The molecule has 9 nitrogen and oxygen atoms in total. The summed E-state index contributed by atoms with van der Waals surface area (Å²) in [5.41, 5.74) is -2.25. The molecular formula is C17H15ClF5N5O4. The summed E-state index contributed by atoms with van der Waals surface area (Å²) in [4.78, 5) is 26.7. The standard InChI is InChI=1S/C17H15ClF5N5O4/c18-10-2-1-8(5-9(10)12-24-7-25-28(12)13(19)20)11(26-14(29)30)6-32-15(31)27-16(3-4-16)17(21,22)23/h1-2,5,7,11,13,26H,3-4,6H2,(H,27,31)(H,29,30). The molecule has 32 heavy (non-hydrogen) atoms. The van der Waals surface area contributed by atoms with Crippen molar-refractivity contribution in [2.75, 3.05) is 6.61 Å². The molecular weight excluding hydrogens is 469 g/mol. The van der Waals surface area contributed by atoms with Crippen LogP contribution in [-0.2, 0) is 4.74 Å². The van der Waals surface area contributed by atoms with Crippen molar-refractivity contribution in [3.8, 4) is 11.4 Å². The van der Waals surface area contributed by atoms with Crippen molar-refractivity contribution in [3.05, 3.63) is 35.1 Å². The van der Waals surface area contributed by atoms with Crippen molar-refractivity contribution in [2.24, 2.45) is 0 Å². The SMILES string of the molecule is O=C(O)NC(COC(=O)NC1(C(F)(F)F)CC1)c1ccc(Cl)c(-c2ncnn2C(F)F)c1. The highest BCUT2D eigenvalue weighted by Gasteiger charge is 2.64. The highest BCUT2D eigenvalue weighted by Crippen LogP contribution is 2.48. The van der Waals surface area contributed by atoms with E-state index < -0.39 is 43.1 Å². The molecule has 174 valence electrons. The van der Waals surface area contributed by atoms with Gasteiger partial charge in [0.15, 0.2) is 5.82 Å². The van der Waals surface area contributed by atoms with E-state index in [9.17, 15) is 31.5 Å². The first-order chi connectivity index (χ1) is 14.9. The molecule has 1 aromatic heterocycles. The van der Waals surface area contributed by atoms with Gasteiger partial charge in [-0.05, 0) is 30.5 Å². The Hall–Kier alpha value is -3.16. The summed E-state index contributed by atoms with van der Waals surface area (Å²) in [6.07, 6.45) is -7.29. The molecule has 0 spiro atoms. The van der Waals surface area contributed by atoms with E-state index in [0.29, 0.717) is 4.68 Å². The fraction of sp³-hybridized carbons (Fsp3) is 0.412. The van der Waals surface area contributed by atoms with E-state index in [1.165, 1.54) is 18.2 Å². The first kappa shape index (κ1) is 23.5. The zero-order valence-electron chi connectivity index (χ0n) is 15.9. The molecule has 1 atom stereocenters. The number of carboxylic acid groups (broad SMARTS) is 1. The Balaban J connectivity index is 1.80. The predicted octanol–water partition coefficient (Wildman–Crippen LogP) is 4.12. The van der Waals surface area contributed by atoms with Crippen LogP contribution in [0.3, 0.4) is 0 Å². The lowest BCUT2D eigenvalue weighted by atomic mass is 10.0. The van der Waals surface area contributed by atoms with Gasteiger partial charge in [0.25, 0.3) is 0 Å². The van der Waals surface area contributed by atoms with Gasteiger partial charge >= 0.3 is 24.9 Å². The molecule has 2 aromatic rings. The van der Waals surface area contributed by atoms with Crippen LogP contribution >= 0.6 is 11.6 Å². The van der Waals surface area contributed by atoms with Gasteiger partial charge in [0.05, 0.1) is 11.1 Å². The molecule has 1 aromatic carbocycles. The van der Waals surface area contributed by atoms with Crippen molar-refractivity contribution >= 4 is 23.8 Å². The van der Waals surface area contributed by atoms with Gasteiger partial charge in [-0.15, -0.1) is 0 Å². The fourth-order valence-corrected chi connectivity index (χ4v) is 3.08. The number of halogens is 6. The molecule has 1 heterocycles. The van der Waals surface area contributed by atoms with E-state index >= 15 is 0 Å². The molecule has 1 aliphatic carbocycles. The molecule has 0 bridgehead atoms. The summed E-state index contributed by atoms with van der Waals surface area (Å²) in [5, 5.41) is 16.2. The number of nitrogens with zero attached hydrogens (tertiary/aromatic N) is 3. The largest absolute Gasteiger partial charge is 0.465 e. The van der Waals surface area contributed by atoms with Crippen LogP contribution in [0.4, 0.5) is 31.5 Å². The van der Waals surface area contributed by atoms with Crippen LogP contribution in [0.1, 0.15) is 31.0 Å². The lowest BCUT2D eigenvalue weighted by Gasteiger charge is -2.22. The highest BCUT2D eigenvalue weighted by atomic mass is 35.5. The third-order valence-electron chi connectivity index (χ3n) is 4.70. The highest BCUT2D eigenvalue weighted by molar-refractivity contribution is 6.33. The summed E-state index contributed by atoms with van der Waals surface area (Å²) in [6, 6.07) is 2.58. The van der Waals surface area contributed by atoms with Crippen LogP contribution in [0, 0.1) is 0 Å². The number of rotatable bonds is 7. The Morgan fingerprint density at radius 2 is 2.00 bits per heavy atom. The second-order valence-corrected chi connectivity index (χ2v) is 7.26. The molecule has 2 amide bonds. The van der Waals surface area contributed by atoms with Gasteiger partial charge in [-0.1, -0.05) is 17.7 Å². The molecule has 0 aliphatic heterocycles. The average Bonchev–Trinajstić information content (AvgIpc) is 3.31. The second-order valence-electron chi connectivity index (χ2n) is 6.85. The van der Waals surface area contributed by atoms with Crippen LogP contribution in [0.15, 0.2) is 24.5 Å². The molecule has 1 fully saturated rings. The lowest BCUT2D eigenvalue weighted by Crippen LogP contribution is -2.48. The molecule has 3 N–H and O–H groups in total. The number of carbonyl (C=O) groups excluding carboxylic acids is 1. The monoisotopic (exact) mass is 483 g/mol. The topological polar surface area (TPSA) is 118 Å². The third kappa shape index (κ3) is 5.00. The van der Waals surface area contributed by atoms with E-state index in [2.05, 4.69) is 10.1 Å². The molecule has 1 saturated carbocycles. The number of carbonyl (C=O) groups is 2. The van der Waals surface area contributed by atoms with Crippen LogP contribution in [0.2, 0.25) is 5.02 Å². The summed E-state index contributed by atoms with van der Waals surface area (Å²) in [6.45, 7) is -3.72. The number of hydrogen-bond donors (Lipinski definition) is 3. The molecule has 1 unspecified atom stereocenters. The Morgan fingerprint density at radius 3 is 2.56 bits per heavy atom. The van der Waals surface area contributed by atoms with Crippen molar-refractivity contribution < 1.29 is 41.4 Å². The zero-order chi connectivity index (χ0) is 23.7. The zero-order valence-corrected chi connectivity index (χ0v) is 16.6. The Morgan fingerprint density at radius 1 is 1.31 bits per heavy atom. The van der Waals surface area contributed by atoms with E-state index in [0.717, 1.165) is 6.33 Å². The number of ether oxygens (including phenoxy) is 1. The van der Waals surface area contributed by atoms with Gasteiger partial charge in [-0.2, -0.15) is 31.7 Å². The molecule has 0 radical (unpaired) electrons. The van der Waals surface area contributed by atoms with E-state index in [-0.39, 0.29) is 34.8 Å². The number of amides is 2. The molecule has 0 saturated heterocycles. The third-order valence-corrected chi connectivity index (χ3v) is 5.03. The molecule has 15 heteroatoms. The van der Waals surface area contributed by atoms with Crippen LogP contribution < -0.4 is 10.6 Å². The van der Waals surface area contributed by atoms with Crippen molar-refractivity contribution in [2.45, 2.75) is 37.1 Å². The molecule has 3 rings (SSSR count). The lowest BCUT2D eigenvalue weighted by molar-refractivity contribution is -0.164. The minimum Gasteiger partial charge on any atom is -0.465 e.